The van der Waals surface area contributed by atoms with Crippen molar-refractivity contribution in [1.29, 1.82) is 0 Å². The van der Waals surface area contributed by atoms with E-state index in [9.17, 15) is 23.1 Å². The predicted molar refractivity (Wildman–Crippen MR) is 168 cm³/mol. The standard InChI is InChI=1S/C35H34F3N3O6/c1-44-14-15-45-30-18-28(33(42)43)39-27-9-8-23(17-25(27)30)41-12-10-34(11-13-41)19-21(20-34)16-26-31(40-47-32(26)22-6-7-22)24-4-2-3-5-29(24)46-35(36,37)38/h2-5,8-9,16-18,22H,6-7,10-15,19-20H2,1H3,(H,42,43). The third-order valence-corrected chi connectivity index (χ3v) is 9.33. The lowest BCUT2D eigenvalue weighted by molar-refractivity contribution is -0.274. The van der Waals surface area contributed by atoms with E-state index in [0.29, 0.717) is 23.6 Å². The first-order valence-electron chi connectivity index (χ1n) is 15.7. The number of halogens is 3. The summed E-state index contributed by atoms with van der Waals surface area (Å²) in [4.78, 5) is 18.3. The number of pyridine rings is 1. The van der Waals surface area contributed by atoms with E-state index in [1.54, 1.807) is 19.2 Å². The molecule has 3 aliphatic rings. The molecule has 12 heteroatoms. The van der Waals surface area contributed by atoms with E-state index in [4.69, 9.17) is 14.0 Å². The molecule has 7 rings (SSSR count). The minimum Gasteiger partial charge on any atom is -0.490 e. The number of ether oxygens (including phenoxy) is 3. The van der Waals surface area contributed by atoms with Crippen molar-refractivity contribution in [2.75, 3.05) is 38.3 Å². The van der Waals surface area contributed by atoms with Gasteiger partial charge in [-0.3, -0.25) is 0 Å². The molecule has 0 unspecified atom stereocenters. The third-order valence-electron chi connectivity index (χ3n) is 9.33. The van der Waals surface area contributed by atoms with Crippen LogP contribution in [0.1, 0.15) is 66.3 Å². The summed E-state index contributed by atoms with van der Waals surface area (Å²) in [5.41, 5.74) is 4.29. The molecule has 1 saturated heterocycles. The maximum Gasteiger partial charge on any atom is 0.573 e. The average Bonchev–Trinajstić information content (AvgIpc) is 3.79. The number of alkyl halides is 3. The van der Waals surface area contributed by atoms with E-state index in [2.05, 4.69) is 25.9 Å². The number of anilines is 1. The number of rotatable bonds is 10. The molecule has 2 saturated carbocycles. The zero-order chi connectivity index (χ0) is 32.8. The number of allylic oxidation sites excluding steroid dienone is 1. The quantitative estimate of drug-likeness (QED) is 0.172. The molecule has 1 spiro atoms. The molecule has 2 aromatic heterocycles. The Hall–Kier alpha value is -4.58. The van der Waals surface area contributed by atoms with Crippen molar-refractivity contribution < 1.29 is 41.8 Å². The molecular formula is C35H34F3N3O6. The second-order valence-corrected chi connectivity index (χ2v) is 12.6. The molecule has 0 atom stereocenters. The number of piperidine rings is 1. The lowest BCUT2D eigenvalue weighted by atomic mass is 9.60. The zero-order valence-electron chi connectivity index (χ0n) is 25.8. The summed E-state index contributed by atoms with van der Waals surface area (Å²) < 4.78 is 60.5. The topological polar surface area (TPSA) is 107 Å². The second kappa shape index (κ2) is 12.2. The van der Waals surface area contributed by atoms with Crippen LogP contribution in [-0.4, -0.2) is 61.0 Å². The zero-order valence-corrected chi connectivity index (χ0v) is 25.8. The van der Waals surface area contributed by atoms with Crippen molar-refractivity contribution in [3.8, 4) is 22.8 Å². The van der Waals surface area contributed by atoms with Crippen molar-refractivity contribution in [3.05, 3.63) is 71.1 Å². The predicted octanol–water partition coefficient (Wildman–Crippen LogP) is 7.85. The van der Waals surface area contributed by atoms with Crippen LogP contribution in [0.15, 0.2) is 58.6 Å². The Bertz CT molecular complexity index is 1830. The van der Waals surface area contributed by atoms with Crippen LogP contribution in [0, 0.1) is 5.41 Å². The lowest BCUT2D eigenvalue weighted by Gasteiger charge is -2.50. The number of fused-ring (bicyclic) bond motifs is 1. The Kier molecular flexibility index (Phi) is 8.07. The van der Waals surface area contributed by atoms with Crippen molar-refractivity contribution in [2.45, 2.75) is 50.8 Å². The molecule has 1 N–H and O–H groups in total. The molecule has 246 valence electrons. The van der Waals surface area contributed by atoms with Crippen LogP contribution >= 0.6 is 0 Å². The molecule has 1 aliphatic heterocycles. The van der Waals surface area contributed by atoms with Crippen molar-refractivity contribution >= 4 is 28.6 Å². The molecular weight excluding hydrogens is 615 g/mol. The summed E-state index contributed by atoms with van der Waals surface area (Å²) in [5.74, 6) is 0.00639. The molecule has 47 heavy (non-hydrogen) atoms. The number of carboxylic acids is 1. The van der Waals surface area contributed by atoms with Gasteiger partial charge in [0.2, 0.25) is 0 Å². The summed E-state index contributed by atoms with van der Waals surface area (Å²) in [6.07, 6.45) is 3.00. The number of aromatic carboxylic acids is 1. The minimum absolute atomic E-state index is 0.0761. The fraction of sp³-hybridized carbons (Fsp3) is 0.400. The highest BCUT2D eigenvalue weighted by Crippen LogP contribution is 2.54. The van der Waals surface area contributed by atoms with E-state index in [0.717, 1.165) is 74.0 Å². The maximum absolute atomic E-state index is 13.2. The van der Waals surface area contributed by atoms with Gasteiger partial charge in [-0.1, -0.05) is 22.9 Å². The van der Waals surface area contributed by atoms with Gasteiger partial charge in [0.05, 0.1) is 12.1 Å². The molecule has 0 amide bonds. The fourth-order valence-electron chi connectivity index (χ4n) is 6.81. The number of aromatic nitrogens is 2. The van der Waals surface area contributed by atoms with E-state index < -0.39 is 12.3 Å². The third kappa shape index (κ3) is 6.51. The number of para-hydroxylation sites is 1. The van der Waals surface area contributed by atoms with Gasteiger partial charge < -0.3 is 28.7 Å². The molecule has 4 aromatic rings. The second-order valence-electron chi connectivity index (χ2n) is 12.6. The average molecular weight is 650 g/mol. The lowest BCUT2D eigenvalue weighted by Crippen LogP contribution is -2.44. The molecule has 2 aromatic carbocycles. The van der Waals surface area contributed by atoms with Gasteiger partial charge >= 0.3 is 12.3 Å². The van der Waals surface area contributed by atoms with E-state index in [1.165, 1.54) is 23.8 Å². The van der Waals surface area contributed by atoms with Gasteiger partial charge in [-0.25, -0.2) is 9.78 Å². The number of carbonyl (C=O) groups is 1. The Labute approximate surface area is 268 Å². The summed E-state index contributed by atoms with van der Waals surface area (Å²) in [5, 5.41) is 14.5. The molecule has 3 heterocycles. The van der Waals surface area contributed by atoms with Crippen molar-refractivity contribution in [3.63, 3.8) is 0 Å². The van der Waals surface area contributed by atoms with Crippen LogP contribution in [-0.2, 0) is 4.74 Å². The minimum atomic E-state index is -4.82. The Balaban J connectivity index is 1.07. The normalized spacial score (nSPS) is 17.5. The number of hydrogen-bond donors (Lipinski definition) is 1. The summed E-state index contributed by atoms with van der Waals surface area (Å²) in [6.45, 7) is 2.37. The summed E-state index contributed by atoms with van der Waals surface area (Å²) in [6, 6.07) is 13.3. The Morgan fingerprint density at radius 2 is 1.85 bits per heavy atom. The van der Waals surface area contributed by atoms with Crippen LogP contribution < -0.4 is 14.4 Å². The van der Waals surface area contributed by atoms with Crippen molar-refractivity contribution in [1.82, 2.24) is 10.1 Å². The molecule has 2 aliphatic carbocycles. The molecule has 0 radical (unpaired) electrons. The largest absolute Gasteiger partial charge is 0.573 e. The number of nitrogens with zero attached hydrogens (tertiary/aromatic N) is 3. The van der Waals surface area contributed by atoms with E-state index >= 15 is 0 Å². The van der Waals surface area contributed by atoms with E-state index in [-0.39, 0.29) is 34.9 Å². The maximum atomic E-state index is 13.2. The Morgan fingerprint density at radius 1 is 1.09 bits per heavy atom. The first-order valence-corrected chi connectivity index (χ1v) is 15.7. The van der Waals surface area contributed by atoms with Gasteiger partial charge in [0.25, 0.3) is 0 Å². The molecule has 0 bridgehead atoms. The smallest absolute Gasteiger partial charge is 0.490 e. The number of methoxy groups -OCH3 is 1. The number of benzene rings is 2. The first-order chi connectivity index (χ1) is 22.6. The van der Waals surface area contributed by atoms with E-state index in [1.807, 2.05) is 18.2 Å². The van der Waals surface area contributed by atoms with Gasteiger partial charge in [-0.05, 0) is 80.3 Å². The van der Waals surface area contributed by atoms with Crippen LogP contribution in [0.3, 0.4) is 0 Å². The number of hydrogen-bond acceptors (Lipinski definition) is 8. The molecule has 3 fully saturated rings. The van der Waals surface area contributed by atoms with Gasteiger partial charge in [0.15, 0.2) is 5.69 Å². The highest BCUT2D eigenvalue weighted by molar-refractivity contribution is 5.94. The van der Waals surface area contributed by atoms with Gasteiger partial charge in [-0.15, -0.1) is 13.2 Å². The first kappa shape index (κ1) is 31.0. The summed E-state index contributed by atoms with van der Waals surface area (Å²) >= 11 is 0. The van der Waals surface area contributed by atoms with Gasteiger partial charge in [0.1, 0.15) is 29.6 Å². The van der Waals surface area contributed by atoms with Crippen LogP contribution in [0.4, 0.5) is 18.9 Å². The van der Waals surface area contributed by atoms with Crippen LogP contribution in [0.5, 0.6) is 11.5 Å². The fourth-order valence-corrected chi connectivity index (χ4v) is 6.81. The van der Waals surface area contributed by atoms with Gasteiger partial charge in [0, 0.05) is 54.4 Å². The van der Waals surface area contributed by atoms with Crippen LogP contribution in [0.25, 0.3) is 28.2 Å². The number of carboxylic acid groups (broad SMARTS) is 1. The van der Waals surface area contributed by atoms with Crippen molar-refractivity contribution in [2.24, 2.45) is 5.41 Å². The highest BCUT2D eigenvalue weighted by atomic mass is 19.4. The Morgan fingerprint density at radius 3 is 2.55 bits per heavy atom. The highest BCUT2D eigenvalue weighted by Gasteiger charge is 2.43. The summed E-state index contributed by atoms with van der Waals surface area (Å²) in [7, 11) is 1.58. The SMILES string of the molecule is COCCOc1cc(C(=O)O)nc2ccc(N3CCC4(CC3)CC(=Cc3c(-c5ccccc5OC(F)(F)F)noc3C3CC3)C4)cc12. The van der Waals surface area contributed by atoms with Gasteiger partial charge in [-0.2, -0.15) is 0 Å². The molecule has 9 nitrogen and oxygen atoms in total. The van der Waals surface area contributed by atoms with Crippen LogP contribution in [0.2, 0.25) is 0 Å². The monoisotopic (exact) mass is 649 g/mol.